The molecule has 0 unspecified atom stereocenters. The topological polar surface area (TPSA) is 49.7 Å². The van der Waals surface area contributed by atoms with E-state index >= 15 is 0 Å². The largest absolute Gasteiger partial charge is 0.490 e. The number of ether oxygens (including phenoxy) is 1. The fourth-order valence-electron chi connectivity index (χ4n) is 1.07. The lowest BCUT2D eigenvalue weighted by atomic mass is 9.94. The molecule has 0 heterocycles. The predicted molar refractivity (Wildman–Crippen MR) is 57.7 cm³/mol. The van der Waals surface area contributed by atoms with Gasteiger partial charge in [0.15, 0.2) is 11.6 Å². The van der Waals surface area contributed by atoms with Crippen LogP contribution in [0.4, 0.5) is 4.39 Å². The van der Waals surface area contributed by atoms with Crippen molar-refractivity contribution in [2.75, 3.05) is 19.8 Å². The third-order valence-electron chi connectivity index (χ3n) is 2.42. The number of aryl methyl sites for hydroxylation is 1. The van der Waals surface area contributed by atoms with E-state index in [1.54, 1.807) is 19.9 Å². The van der Waals surface area contributed by atoms with E-state index in [2.05, 4.69) is 6.07 Å². The summed E-state index contributed by atoms with van der Waals surface area (Å²) in [7, 11) is 0. The summed E-state index contributed by atoms with van der Waals surface area (Å²) < 4.78 is 18.8. The van der Waals surface area contributed by atoms with Gasteiger partial charge in [0.1, 0.15) is 0 Å². The van der Waals surface area contributed by atoms with Crippen LogP contribution in [0, 0.1) is 24.2 Å². The smallest absolute Gasteiger partial charge is 0.168 e. The summed E-state index contributed by atoms with van der Waals surface area (Å²) in [5.41, 5.74) is -0.382. The zero-order chi connectivity index (χ0) is 12.2. The first kappa shape index (κ1) is 12.9. The first-order valence-electron chi connectivity index (χ1n) is 5.04. The van der Waals surface area contributed by atoms with Crippen molar-refractivity contribution >= 4 is 0 Å². The molecule has 0 aromatic heterocycles. The van der Waals surface area contributed by atoms with Crippen molar-refractivity contribution in [1.29, 1.82) is 0 Å². The fourth-order valence-corrected chi connectivity index (χ4v) is 1.07. The van der Waals surface area contributed by atoms with Gasteiger partial charge in [0.2, 0.25) is 0 Å². The zero-order valence-corrected chi connectivity index (χ0v) is 9.46. The summed E-state index contributed by atoms with van der Waals surface area (Å²) in [6.07, 6.45) is 0. The van der Waals surface area contributed by atoms with Gasteiger partial charge in [-0.05, 0) is 24.6 Å². The number of rotatable bonds is 5. The summed E-state index contributed by atoms with van der Waals surface area (Å²) in [6, 6.07) is 5.75. The van der Waals surface area contributed by atoms with Gasteiger partial charge < -0.3 is 14.9 Å². The first-order valence-corrected chi connectivity index (χ1v) is 5.04. The Morgan fingerprint density at radius 2 is 2.06 bits per heavy atom. The van der Waals surface area contributed by atoms with Crippen LogP contribution in [0.15, 0.2) is 12.1 Å². The fraction of sp³-hybridized carbons (Fsp3) is 0.500. The second-order valence-electron chi connectivity index (χ2n) is 4.20. The molecular weight excluding hydrogens is 211 g/mol. The highest BCUT2D eigenvalue weighted by atomic mass is 19.1. The van der Waals surface area contributed by atoms with Gasteiger partial charge >= 0.3 is 0 Å². The molecule has 0 bridgehead atoms. The maximum Gasteiger partial charge on any atom is 0.168 e. The van der Waals surface area contributed by atoms with Crippen LogP contribution in [0.5, 0.6) is 5.75 Å². The van der Waals surface area contributed by atoms with Crippen LogP contribution in [0.2, 0.25) is 0 Å². The van der Waals surface area contributed by atoms with Crippen LogP contribution in [0.3, 0.4) is 0 Å². The Kier molecular flexibility index (Phi) is 4.26. The van der Waals surface area contributed by atoms with Crippen LogP contribution in [-0.2, 0) is 0 Å². The molecule has 0 spiro atoms. The van der Waals surface area contributed by atoms with Gasteiger partial charge in [-0.3, -0.25) is 0 Å². The van der Waals surface area contributed by atoms with Crippen molar-refractivity contribution in [2.24, 2.45) is 5.41 Å². The molecule has 3 nitrogen and oxygen atoms in total. The number of aliphatic hydroxyl groups excluding tert-OH is 2. The molecule has 0 amide bonds. The third-order valence-corrected chi connectivity index (χ3v) is 2.42. The van der Waals surface area contributed by atoms with Gasteiger partial charge in [-0.1, -0.05) is 13.0 Å². The lowest BCUT2D eigenvalue weighted by Crippen LogP contribution is -2.33. The SMILES string of the molecule is Cc1[c]ccc(OCC(C)(CO)CO)c1F. The van der Waals surface area contributed by atoms with Crippen molar-refractivity contribution in [3.05, 3.63) is 29.6 Å². The van der Waals surface area contributed by atoms with E-state index in [4.69, 9.17) is 14.9 Å². The van der Waals surface area contributed by atoms with Crippen molar-refractivity contribution < 1.29 is 19.3 Å². The Morgan fingerprint density at radius 3 is 2.62 bits per heavy atom. The molecule has 0 aliphatic carbocycles. The molecule has 16 heavy (non-hydrogen) atoms. The second-order valence-corrected chi connectivity index (χ2v) is 4.20. The lowest BCUT2D eigenvalue weighted by molar-refractivity contribution is 0.0275. The number of hydrogen-bond donors (Lipinski definition) is 2. The van der Waals surface area contributed by atoms with Crippen molar-refractivity contribution in [3.63, 3.8) is 0 Å². The van der Waals surface area contributed by atoms with Crippen LogP contribution in [0.1, 0.15) is 12.5 Å². The van der Waals surface area contributed by atoms with Gasteiger partial charge in [-0.25, -0.2) is 4.39 Å². The molecule has 0 saturated carbocycles. The highest BCUT2D eigenvalue weighted by Gasteiger charge is 2.24. The van der Waals surface area contributed by atoms with Crippen LogP contribution in [-0.4, -0.2) is 30.0 Å². The molecule has 0 fully saturated rings. The monoisotopic (exact) mass is 227 g/mol. The minimum Gasteiger partial charge on any atom is -0.490 e. The minimum atomic E-state index is -0.764. The summed E-state index contributed by atoms with van der Waals surface area (Å²) in [5, 5.41) is 18.1. The van der Waals surface area contributed by atoms with Crippen molar-refractivity contribution in [2.45, 2.75) is 13.8 Å². The Hall–Kier alpha value is -1.13. The number of halogens is 1. The molecule has 89 valence electrons. The molecular formula is C12H16FO3. The standard InChI is InChI=1S/C12H16FO3/c1-9-4-3-5-10(11(9)13)16-8-12(2,6-14)7-15/h3,5,14-15H,6-8H2,1-2H3. The average Bonchev–Trinajstić information content (AvgIpc) is 2.31. The highest BCUT2D eigenvalue weighted by molar-refractivity contribution is 5.29. The van der Waals surface area contributed by atoms with E-state index < -0.39 is 11.2 Å². The molecule has 0 saturated heterocycles. The zero-order valence-electron chi connectivity index (χ0n) is 9.46. The number of hydrogen-bond acceptors (Lipinski definition) is 3. The van der Waals surface area contributed by atoms with Gasteiger partial charge in [-0.15, -0.1) is 0 Å². The van der Waals surface area contributed by atoms with E-state index in [9.17, 15) is 4.39 Å². The van der Waals surface area contributed by atoms with Gasteiger partial charge in [0, 0.05) is 5.41 Å². The Bertz CT molecular complexity index is 348. The molecule has 1 aromatic carbocycles. The van der Waals surface area contributed by atoms with Gasteiger partial charge in [-0.2, -0.15) is 0 Å². The summed E-state index contributed by atoms with van der Waals surface area (Å²) in [5.74, 6) is -0.342. The van der Waals surface area contributed by atoms with Crippen molar-refractivity contribution in [3.8, 4) is 5.75 Å². The normalized spacial score (nSPS) is 11.6. The van der Waals surface area contributed by atoms with E-state index in [1.165, 1.54) is 6.07 Å². The minimum absolute atomic E-state index is 0.0559. The summed E-state index contributed by atoms with van der Waals surface area (Å²) >= 11 is 0. The van der Waals surface area contributed by atoms with E-state index in [-0.39, 0.29) is 25.6 Å². The van der Waals surface area contributed by atoms with E-state index in [0.717, 1.165) is 0 Å². The molecule has 0 aliphatic heterocycles. The average molecular weight is 227 g/mol. The summed E-state index contributed by atoms with van der Waals surface area (Å²) in [6.45, 7) is 2.87. The van der Waals surface area contributed by atoms with Crippen molar-refractivity contribution in [1.82, 2.24) is 0 Å². The molecule has 1 aromatic rings. The lowest BCUT2D eigenvalue weighted by Gasteiger charge is -2.24. The van der Waals surface area contributed by atoms with Crippen LogP contribution in [0.25, 0.3) is 0 Å². The Morgan fingerprint density at radius 1 is 1.44 bits per heavy atom. The van der Waals surface area contributed by atoms with E-state index in [1.807, 2.05) is 0 Å². The molecule has 1 rings (SSSR count). The quantitative estimate of drug-likeness (QED) is 0.797. The molecule has 2 N–H and O–H groups in total. The molecule has 0 aliphatic rings. The molecule has 1 radical (unpaired) electrons. The Balaban J connectivity index is 2.71. The number of benzene rings is 1. The van der Waals surface area contributed by atoms with Gasteiger partial charge in [0.25, 0.3) is 0 Å². The van der Waals surface area contributed by atoms with E-state index in [0.29, 0.717) is 5.56 Å². The maximum absolute atomic E-state index is 13.5. The van der Waals surface area contributed by atoms with Crippen LogP contribution < -0.4 is 4.74 Å². The molecule has 0 atom stereocenters. The molecule has 4 heteroatoms. The first-order chi connectivity index (χ1) is 7.52. The van der Waals surface area contributed by atoms with Gasteiger partial charge in [0.05, 0.1) is 19.8 Å². The highest BCUT2D eigenvalue weighted by Crippen LogP contribution is 2.22. The predicted octanol–water partition coefficient (Wildman–Crippen LogP) is 1.30. The van der Waals surface area contributed by atoms with Crippen LogP contribution >= 0.6 is 0 Å². The maximum atomic E-state index is 13.5. The summed E-state index contributed by atoms with van der Waals surface area (Å²) in [4.78, 5) is 0. The Labute approximate surface area is 94.5 Å². The number of aliphatic hydroxyl groups is 2. The third kappa shape index (κ3) is 2.93. The second kappa shape index (κ2) is 5.27.